The van der Waals surface area contributed by atoms with Crippen LogP contribution in [0.3, 0.4) is 0 Å². The Morgan fingerprint density at radius 1 is 1.36 bits per heavy atom. The van der Waals surface area contributed by atoms with Crippen LogP contribution in [0, 0.1) is 0 Å². The molecule has 1 unspecified atom stereocenters. The third-order valence-electron chi connectivity index (χ3n) is 2.21. The molecule has 1 rings (SSSR count). The van der Waals surface area contributed by atoms with Crippen LogP contribution < -0.4 is 0 Å². The summed E-state index contributed by atoms with van der Waals surface area (Å²) in [6.07, 6.45) is 0.615. The maximum Gasteiger partial charge on any atom is 0.208 e. The largest absolute Gasteiger partial charge is 0.399 e. The Morgan fingerprint density at radius 3 is 2.43 bits per heavy atom. The number of rotatable bonds is 4. The Kier molecular flexibility index (Phi) is 4.45. The fourth-order valence-corrected chi connectivity index (χ4v) is 1.97. The highest BCUT2D eigenvalue weighted by atomic mass is 35.5. The molecular weight excluding hydrogens is 235 g/mol. The minimum atomic E-state index is -1.03. The van der Waals surface area contributed by atoms with Gasteiger partial charge in [0.05, 0.1) is 0 Å². The van der Waals surface area contributed by atoms with E-state index in [-0.39, 0.29) is 0 Å². The molecule has 0 radical (unpaired) electrons. The van der Waals surface area contributed by atoms with E-state index >= 15 is 0 Å². The van der Waals surface area contributed by atoms with E-state index in [2.05, 4.69) is 19.1 Å². The second kappa shape index (κ2) is 5.17. The third kappa shape index (κ3) is 3.62. The highest BCUT2D eigenvalue weighted by Crippen LogP contribution is 2.33. The smallest absolute Gasteiger partial charge is 0.208 e. The highest BCUT2D eigenvalue weighted by Gasteiger charge is 2.25. The van der Waals surface area contributed by atoms with Gasteiger partial charge in [0.15, 0.2) is 0 Å². The Balaban J connectivity index is 2.64. The predicted molar refractivity (Wildman–Crippen MR) is 64.9 cm³/mol. The van der Waals surface area contributed by atoms with Crippen LogP contribution in [-0.4, -0.2) is 15.0 Å². The number of halogens is 2. The van der Waals surface area contributed by atoms with Crippen LogP contribution >= 0.6 is 23.2 Å². The van der Waals surface area contributed by atoms with Gasteiger partial charge >= 0.3 is 0 Å². The van der Waals surface area contributed by atoms with E-state index in [9.17, 15) is 0 Å². The molecule has 0 aliphatic carbocycles. The Morgan fingerprint density at radius 2 is 1.93 bits per heavy atom. The van der Waals surface area contributed by atoms with E-state index in [1.54, 1.807) is 0 Å². The van der Waals surface area contributed by atoms with Crippen molar-refractivity contribution in [2.75, 3.05) is 0 Å². The van der Waals surface area contributed by atoms with E-state index in [4.69, 9.17) is 27.6 Å². The molecule has 0 aromatic heterocycles. The van der Waals surface area contributed by atoms with Crippen molar-refractivity contribution in [3.63, 3.8) is 0 Å². The summed E-state index contributed by atoms with van der Waals surface area (Å²) >= 11 is 11.9. The van der Waals surface area contributed by atoms with Crippen molar-refractivity contribution in [1.29, 1.82) is 0 Å². The first-order valence-corrected chi connectivity index (χ1v) is 6.10. The van der Waals surface area contributed by atoms with Crippen molar-refractivity contribution in [2.45, 2.75) is 23.8 Å². The van der Waals surface area contributed by atoms with Crippen molar-refractivity contribution < 1.29 is 4.43 Å². The van der Waals surface area contributed by atoms with Crippen LogP contribution in [0.5, 0.6) is 0 Å². The molecule has 1 nitrogen and oxygen atoms in total. The molecular formula is C10H14Cl2OSi. The molecule has 0 aliphatic heterocycles. The van der Waals surface area contributed by atoms with Gasteiger partial charge in [0.1, 0.15) is 10.5 Å². The molecule has 4 heteroatoms. The number of hydrogen-bond donors (Lipinski definition) is 0. The van der Waals surface area contributed by atoms with Crippen LogP contribution in [0.4, 0.5) is 0 Å². The monoisotopic (exact) mass is 248 g/mol. The lowest BCUT2D eigenvalue weighted by Crippen LogP contribution is -2.19. The molecule has 0 spiro atoms. The summed E-state index contributed by atoms with van der Waals surface area (Å²) in [5, 5.41) is 0. The van der Waals surface area contributed by atoms with Gasteiger partial charge in [-0.25, -0.2) is 0 Å². The highest BCUT2D eigenvalue weighted by molar-refractivity contribution is 6.48. The normalized spacial score (nSPS) is 14.2. The van der Waals surface area contributed by atoms with Crippen molar-refractivity contribution in [2.24, 2.45) is 0 Å². The molecule has 0 saturated heterocycles. The molecule has 0 saturated carbocycles. The molecule has 0 fully saturated rings. The molecule has 0 heterocycles. The Labute approximate surface area is 97.9 Å². The predicted octanol–water partition coefficient (Wildman–Crippen LogP) is 2.61. The van der Waals surface area contributed by atoms with E-state index in [1.165, 1.54) is 5.56 Å². The van der Waals surface area contributed by atoms with Crippen LogP contribution in [0.2, 0.25) is 0 Å². The fourth-order valence-electron chi connectivity index (χ4n) is 1.34. The fraction of sp³-hybridized carbons (Fsp3) is 0.400. The van der Waals surface area contributed by atoms with Gasteiger partial charge in [-0.15, -0.1) is 0 Å². The summed E-state index contributed by atoms with van der Waals surface area (Å²) < 4.78 is 4.07. The third-order valence-corrected chi connectivity index (χ3v) is 4.04. The van der Waals surface area contributed by atoms with E-state index in [1.807, 2.05) is 18.2 Å². The lowest BCUT2D eigenvalue weighted by atomic mass is 9.98. The van der Waals surface area contributed by atoms with Gasteiger partial charge < -0.3 is 4.43 Å². The van der Waals surface area contributed by atoms with Gasteiger partial charge in [-0.1, -0.05) is 60.5 Å². The van der Waals surface area contributed by atoms with Crippen LogP contribution in [0.1, 0.15) is 24.8 Å². The zero-order chi connectivity index (χ0) is 10.6. The topological polar surface area (TPSA) is 9.23 Å². The summed E-state index contributed by atoms with van der Waals surface area (Å²) in [5.74, 6) is 0.306. The summed E-state index contributed by atoms with van der Waals surface area (Å²) in [5.41, 5.74) is 1.23. The second-order valence-corrected chi connectivity index (χ2v) is 5.18. The van der Waals surface area contributed by atoms with Gasteiger partial charge in [0, 0.05) is 6.42 Å². The van der Waals surface area contributed by atoms with Crippen LogP contribution in [-0.2, 0) is 4.43 Å². The molecule has 14 heavy (non-hydrogen) atoms. The summed E-state index contributed by atoms with van der Waals surface area (Å²) in [6.45, 7) is 2.09. The number of hydrogen-bond acceptors (Lipinski definition) is 1. The first kappa shape index (κ1) is 12.0. The molecule has 1 atom stereocenters. The Bertz CT molecular complexity index is 277. The lowest BCUT2D eigenvalue weighted by Gasteiger charge is -2.22. The quantitative estimate of drug-likeness (QED) is 0.588. The van der Waals surface area contributed by atoms with Crippen LogP contribution in [0.25, 0.3) is 0 Å². The first-order chi connectivity index (χ1) is 6.55. The lowest BCUT2D eigenvalue weighted by molar-refractivity contribution is 0.243. The zero-order valence-corrected chi connectivity index (χ0v) is 11.8. The SMILES string of the molecule is CC(CC(Cl)(Cl)O[SiH3])c1ccccc1. The van der Waals surface area contributed by atoms with Gasteiger partial charge in [-0.2, -0.15) is 0 Å². The number of alkyl halides is 2. The van der Waals surface area contributed by atoms with Gasteiger partial charge in [-0.05, 0) is 11.5 Å². The van der Waals surface area contributed by atoms with Gasteiger partial charge in [0.25, 0.3) is 0 Å². The van der Waals surface area contributed by atoms with E-state index in [0.29, 0.717) is 22.8 Å². The maximum atomic E-state index is 5.94. The average Bonchev–Trinajstić information content (AvgIpc) is 2.19. The van der Waals surface area contributed by atoms with Crippen molar-refractivity contribution in [1.82, 2.24) is 0 Å². The second-order valence-electron chi connectivity index (χ2n) is 3.36. The standard InChI is InChI=1S/C10H14Cl2OSi/c1-8(7-10(11,12)13-14)9-5-3-2-4-6-9/h2-6,8H,7H2,1,14H3. The summed E-state index contributed by atoms with van der Waals surface area (Å²) in [4.78, 5) is 0. The maximum absolute atomic E-state index is 5.94. The molecule has 0 aliphatic rings. The van der Waals surface area contributed by atoms with E-state index < -0.39 is 4.52 Å². The molecule has 0 amide bonds. The Hall–Kier alpha value is -0.0231. The minimum Gasteiger partial charge on any atom is -0.399 e. The summed E-state index contributed by atoms with van der Waals surface area (Å²) in [7, 11) is 0.551. The average molecular weight is 249 g/mol. The minimum absolute atomic E-state index is 0.306. The molecule has 0 N–H and O–H groups in total. The van der Waals surface area contributed by atoms with Crippen LogP contribution in [0.15, 0.2) is 30.3 Å². The molecule has 1 aromatic carbocycles. The van der Waals surface area contributed by atoms with E-state index in [0.717, 1.165) is 0 Å². The van der Waals surface area contributed by atoms with Crippen molar-refractivity contribution in [3.05, 3.63) is 35.9 Å². The van der Waals surface area contributed by atoms with Crippen molar-refractivity contribution in [3.8, 4) is 0 Å². The van der Waals surface area contributed by atoms with Gasteiger partial charge in [0.2, 0.25) is 4.52 Å². The molecule has 78 valence electrons. The summed E-state index contributed by atoms with van der Waals surface area (Å²) in [6, 6.07) is 10.2. The first-order valence-electron chi connectivity index (χ1n) is 4.53. The van der Waals surface area contributed by atoms with Gasteiger partial charge in [-0.3, -0.25) is 0 Å². The molecule has 0 bridgehead atoms. The number of benzene rings is 1. The van der Waals surface area contributed by atoms with Crippen molar-refractivity contribution >= 4 is 33.7 Å². The molecule has 1 aromatic rings. The zero-order valence-electron chi connectivity index (χ0n) is 8.34.